The summed E-state index contributed by atoms with van der Waals surface area (Å²) >= 11 is 0. The molecule has 0 aliphatic carbocycles. The predicted octanol–water partition coefficient (Wildman–Crippen LogP) is 1.68. The van der Waals surface area contributed by atoms with Gasteiger partial charge in [-0.2, -0.15) is 0 Å². The Labute approximate surface area is 122 Å². The molecule has 0 fully saturated rings. The highest BCUT2D eigenvalue weighted by Crippen LogP contribution is 2.27. The second kappa shape index (κ2) is 6.15. The average molecular weight is 313 g/mol. The van der Waals surface area contributed by atoms with Crippen LogP contribution in [0.2, 0.25) is 0 Å². The van der Waals surface area contributed by atoms with E-state index in [2.05, 4.69) is 15.0 Å². The normalized spacial score (nSPS) is 11.4. The highest BCUT2D eigenvalue weighted by Gasteiger charge is 2.18. The first-order chi connectivity index (χ1) is 9.96. The number of aromatic nitrogens is 1. The largest absolute Gasteiger partial charge is 0.494 e. The van der Waals surface area contributed by atoms with E-state index in [0.29, 0.717) is 6.54 Å². The number of halogens is 1. The lowest BCUT2D eigenvalue weighted by Gasteiger charge is -2.10. The predicted molar refractivity (Wildman–Crippen MR) is 77.3 cm³/mol. The van der Waals surface area contributed by atoms with E-state index in [9.17, 15) is 12.8 Å². The summed E-state index contributed by atoms with van der Waals surface area (Å²) in [6.45, 7) is 0.523. The molecule has 0 spiro atoms. The first kappa shape index (κ1) is 15.3. The molecular weight excluding hydrogens is 297 g/mol. The highest BCUT2D eigenvalue weighted by atomic mass is 32.2. The summed E-state index contributed by atoms with van der Waals surface area (Å²) in [7, 11) is -0.666. The Morgan fingerprint density at radius 3 is 2.76 bits per heavy atom. The molecule has 8 heteroatoms. The molecule has 2 aromatic rings. The number of rotatable bonds is 6. The van der Waals surface area contributed by atoms with Crippen molar-refractivity contribution in [2.75, 3.05) is 18.9 Å². The highest BCUT2D eigenvalue weighted by molar-refractivity contribution is 7.92. The zero-order valence-corrected chi connectivity index (χ0v) is 12.4. The minimum Gasteiger partial charge on any atom is -0.494 e. The van der Waals surface area contributed by atoms with E-state index in [4.69, 9.17) is 4.74 Å². The average Bonchev–Trinajstić information content (AvgIpc) is 2.90. The van der Waals surface area contributed by atoms with Crippen LogP contribution in [0.4, 0.5) is 10.1 Å². The molecule has 2 rings (SSSR count). The lowest BCUT2D eigenvalue weighted by molar-refractivity contribution is 0.413. The number of hydrogen-bond donors (Lipinski definition) is 3. The summed E-state index contributed by atoms with van der Waals surface area (Å²) in [4.78, 5) is 2.96. The minimum absolute atomic E-state index is 0.0964. The molecular formula is C13H16FN3O3S. The van der Waals surface area contributed by atoms with Crippen molar-refractivity contribution >= 4 is 15.7 Å². The fraction of sp³-hybridized carbons (Fsp3) is 0.231. The van der Waals surface area contributed by atoms with Gasteiger partial charge in [0.15, 0.2) is 0 Å². The Morgan fingerprint density at radius 2 is 2.10 bits per heavy atom. The van der Waals surface area contributed by atoms with Gasteiger partial charge in [-0.15, -0.1) is 0 Å². The molecule has 114 valence electrons. The van der Waals surface area contributed by atoms with Crippen molar-refractivity contribution in [3.8, 4) is 5.75 Å². The van der Waals surface area contributed by atoms with Gasteiger partial charge in [0, 0.05) is 24.5 Å². The molecule has 0 saturated heterocycles. The summed E-state index contributed by atoms with van der Waals surface area (Å²) in [6, 6.07) is 5.10. The molecule has 6 nitrogen and oxygen atoms in total. The van der Waals surface area contributed by atoms with E-state index < -0.39 is 15.8 Å². The van der Waals surface area contributed by atoms with Crippen molar-refractivity contribution in [1.82, 2.24) is 10.3 Å². The molecule has 0 radical (unpaired) electrons. The number of anilines is 1. The number of benzene rings is 1. The third-order valence-corrected chi connectivity index (χ3v) is 4.15. The Kier molecular flexibility index (Phi) is 4.49. The van der Waals surface area contributed by atoms with Gasteiger partial charge in [-0.3, -0.25) is 4.72 Å². The fourth-order valence-corrected chi connectivity index (χ4v) is 2.91. The molecule has 0 amide bonds. The summed E-state index contributed by atoms with van der Waals surface area (Å²) in [5.41, 5.74) is 0.916. The molecule has 0 saturated carbocycles. The molecule has 1 aromatic carbocycles. The lowest BCUT2D eigenvalue weighted by atomic mass is 10.3. The number of ether oxygens (including phenoxy) is 1. The number of hydrogen-bond acceptors (Lipinski definition) is 4. The van der Waals surface area contributed by atoms with Crippen molar-refractivity contribution in [3.63, 3.8) is 0 Å². The maximum absolute atomic E-state index is 13.1. The van der Waals surface area contributed by atoms with Gasteiger partial charge >= 0.3 is 0 Å². The van der Waals surface area contributed by atoms with Gasteiger partial charge in [0.25, 0.3) is 10.0 Å². The standard InChI is InChI=1S/C13H16FN3O3S/c1-15-7-10-6-11(8-16-10)21(18,19)17-12-4-3-9(14)5-13(12)20-2/h3-6,8,15-17H,7H2,1-2H3. The van der Waals surface area contributed by atoms with Crippen LogP contribution in [-0.4, -0.2) is 27.6 Å². The molecule has 0 unspecified atom stereocenters. The maximum Gasteiger partial charge on any atom is 0.263 e. The van der Waals surface area contributed by atoms with Crippen LogP contribution in [0.1, 0.15) is 5.69 Å². The number of aromatic amines is 1. The second-order valence-electron chi connectivity index (χ2n) is 4.34. The Bertz CT molecular complexity index is 728. The van der Waals surface area contributed by atoms with Crippen LogP contribution >= 0.6 is 0 Å². The Balaban J connectivity index is 2.28. The van der Waals surface area contributed by atoms with Gasteiger partial charge in [-0.05, 0) is 25.2 Å². The van der Waals surface area contributed by atoms with Gasteiger partial charge in [-0.25, -0.2) is 12.8 Å². The molecule has 1 heterocycles. The smallest absolute Gasteiger partial charge is 0.263 e. The number of sulfonamides is 1. The number of methoxy groups -OCH3 is 1. The van der Waals surface area contributed by atoms with Crippen LogP contribution in [0.25, 0.3) is 0 Å². The van der Waals surface area contributed by atoms with Crippen molar-refractivity contribution < 1.29 is 17.5 Å². The summed E-state index contributed by atoms with van der Waals surface area (Å²) in [5.74, 6) is -0.391. The molecule has 21 heavy (non-hydrogen) atoms. The van der Waals surface area contributed by atoms with Gasteiger partial charge in [0.2, 0.25) is 0 Å². The van der Waals surface area contributed by atoms with Crippen LogP contribution < -0.4 is 14.8 Å². The SMILES string of the molecule is CNCc1cc(S(=O)(=O)Nc2ccc(F)cc2OC)c[nH]1. The summed E-state index contributed by atoms with van der Waals surface area (Å²) in [6.07, 6.45) is 1.39. The van der Waals surface area contributed by atoms with Crippen molar-refractivity contribution in [3.05, 3.63) is 42.0 Å². The second-order valence-corrected chi connectivity index (χ2v) is 6.02. The van der Waals surface area contributed by atoms with Gasteiger partial charge in [-0.1, -0.05) is 0 Å². The summed E-state index contributed by atoms with van der Waals surface area (Å²) < 4.78 is 45.0. The van der Waals surface area contributed by atoms with Gasteiger partial charge < -0.3 is 15.0 Å². The first-order valence-electron chi connectivity index (χ1n) is 6.14. The lowest BCUT2D eigenvalue weighted by Crippen LogP contribution is -2.13. The van der Waals surface area contributed by atoms with Crippen LogP contribution in [0.5, 0.6) is 5.75 Å². The van der Waals surface area contributed by atoms with Crippen LogP contribution in [0, 0.1) is 5.82 Å². The zero-order valence-electron chi connectivity index (χ0n) is 11.6. The molecule has 3 N–H and O–H groups in total. The quantitative estimate of drug-likeness (QED) is 0.758. The van der Waals surface area contributed by atoms with Crippen molar-refractivity contribution in [1.29, 1.82) is 0 Å². The number of H-pyrrole nitrogens is 1. The van der Waals surface area contributed by atoms with E-state index >= 15 is 0 Å². The third kappa shape index (κ3) is 3.53. The molecule has 1 aromatic heterocycles. The van der Waals surface area contributed by atoms with Crippen LogP contribution in [0.3, 0.4) is 0 Å². The minimum atomic E-state index is -3.77. The van der Waals surface area contributed by atoms with E-state index in [0.717, 1.165) is 17.8 Å². The van der Waals surface area contributed by atoms with Gasteiger partial charge in [0.1, 0.15) is 16.5 Å². The van der Waals surface area contributed by atoms with E-state index in [-0.39, 0.29) is 16.3 Å². The van der Waals surface area contributed by atoms with Crippen molar-refractivity contribution in [2.24, 2.45) is 0 Å². The molecule has 0 aliphatic rings. The first-order valence-corrected chi connectivity index (χ1v) is 7.63. The van der Waals surface area contributed by atoms with E-state index in [1.807, 2.05) is 0 Å². The fourth-order valence-electron chi connectivity index (χ4n) is 1.82. The maximum atomic E-state index is 13.1. The Morgan fingerprint density at radius 1 is 1.33 bits per heavy atom. The molecule has 0 atom stereocenters. The zero-order chi connectivity index (χ0) is 15.5. The molecule has 0 aliphatic heterocycles. The number of nitrogens with one attached hydrogen (secondary N) is 3. The van der Waals surface area contributed by atoms with E-state index in [1.54, 1.807) is 7.05 Å². The van der Waals surface area contributed by atoms with Crippen LogP contribution in [-0.2, 0) is 16.6 Å². The summed E-state index contributed by atoms with van der Waals surface area (Å²) in [5, 5.41) is 2.91. The van der Waals surface area contributed by atoms with Crippen LogP contribution in [0.15, 0.2) is 35.4 Å². The third-order valence-electron chi connectivity index (χ3n) is 2.80. The Hall–Kier alpha value is -2.06. The molecule has 0 bridgehead atoms. The topological polar surface area (TPSA) is 83.2 Å². The monoisotopic (exact) mass is 313 g/mol. The van der Waals surface area contributed by atoms with E-state index in [1.165, 1.54) is 25.4 Å². The van der Waals surface area contributed by atoms with Gasteiger partial charge in [0.05, 0.1) is 12.8 Å². The van der Waals surface area contributed by atoms with Crippen molar-refractivity contribution in [2.45, 2.75) is 11.4 Å².